The summed E-state index contributed by atoms with van der Waals surface area (Å²) < 4.78 is 1.83. The van der Waals surface area contributed by atoms with E-state index in [-0.39, 0.29) is 0 Å². The van der Waals surface area contributed by atoms with Crippen molar-refractivity contribution in [2.45, 2.75) is 13.5 Å². The third-order valence-corrected chi connectivity index (χ3v) is 3.06. The van der Waals surface area contributed by atoms with Crippen LogP contribution in [0, 0.1) is 0 Å². The van der Waals surface area contributed by atoms with Crippen LogP contribution in [0.1, 0.15) is 6.92 Å². The van der Waals surface area contributed by atoms with Crippen LogP contribution in [-0.2, 0) is 6.54 Å². The molecule has 0 bridgehead atoms. The SMILES string of the molecule is CCn1cc(-c2ccc(-c3ccncc3)cc2)nn1. The molecule has 0 aliphatic rings. The first-order valence-electron chi connectivity index (χ1n) is 6.28. The minimum absolute atomic E-state index is 0.835. The number of benzene rings is 1. The van der Waals surface area contributed by atoms with E-state index < -0.39 is 0 Å². The fraction of sp³-hybridized carbons (Fsp3) is 0.133. The van der Waals surface area contributed by atoms with Gasteiger partial charge in [-0.05, 0) is 30.2 Å². The molecule has 0 spiro atoms. The number of aromatic nitrogens is 4. The molecule has 0 N–H and O–H groups in total. The molecule has 0 aliphatic carbocycles. The predicted molar refractivity (Wildman–Crippen MR) is 74.4 cm³/mol. The zero-order valence-corrected chi connectivity index (χ0v) is 10.7. The Morgan fingerprint density at radius 3 is 2.16 bits per heavy atom. The summed E-state index contributed by atoms with van der Waals surface area (Å²) in [7, 11) is 0. The summed E-state index contributed by atoms with van der Waals surface area (Å²) in [6.07, 6.45) is 5.56. The van der Waals surface area contributed by atoms with E-state index in [1.165, 1.54) is 11.1 Å². The first-order chi connectivity index (χ1) is 9.36. The van der Waals surface area contributed by atoms with Gasteiger partial charge >= 0.3 is 0 Å². The Bertz CT molecular complexity index is 656. The Morgan fingerprint density at radius 2 is 1.53 bits per heavy atom. The van der Waals surface area contributed by atoms with Crippen LogP contribution in [0.5, 0.6) is 0 Å². The maximum atomic E-state index is 4.16. The van der Waals surface area contributed by atoms with Gasteiger partial charge in [0.05, 0.1) is 6.20 Å². The van der Waals surface area contributed by atoms with Gasteiger partial charge in [0.1, 0.15) is 5.69 Å². The van der Waals surface area contributed by atoms with Crippen LogP contribution < -0.4 is 0 Å². The second-order valence-electron chi connectivity index (χ2n) is 4.27. The fourth-order valence-corrected chi connectivity index (χ4v) is 1.96. The van der Waals surface area contributed by atoms with Crippen molar-refractivity contribution < 1.29 is 0 Å². The summed E-state index contributed by atoms with van der Waals surface area (Å²) in [5.74, 6) is 0. The molecule has 0 unspecified atom stereocenters. The van der Waals surface area contributed by atoms with Crippen molar-refractivity contribution in [3.8, 4) is 22.4 Å². The molecular weight excluding hydrogens is 236 g/mol. The number of rotatable bonds is 3. The smallest absolute Gasteiger partial charge is 0.113 e. The molecule has 0 saturated heterocycles. The van der Waals surface area contributed by atoms with E-state index in [1.807, 2.05) is 29.9 Å². The average Bonchev–Trinajstić information content (AvgIpc) is 2.97. The van der Waals surface area contributed by atoms with E-state index in [0.29, 0.717) is 0 Å². The fourth-order valence-electron chi connectivity index (χ4n) is 1.96. The van der Waals surface area contributed by atoms with E-state index in [2.05, 4.69) is 39.6 Å². The summed E-state index contributed by atoms with van der Waals surface area (Å²) in [6, 6.07) is 12.3. The number of hydrogen-bond acceptors (Lipinski definition) is 3. The van der Waals surface area contributed by atoms with Crippen LogP contribution in [0.15, 0.2) is 55.0 Å². The molecular formula is C15H14N4. The lowest BCUT2D eigenvalue weighted by Gasteiger charge is -2.02. The normalized spacial score (nSPS) is 10.6. The lowest BCUT2D eigenvalue weighted by Crippen LogP contribution is -1.93. The molecule has 4 nitrogen and oxygen atoms in total. The van der Waals surface area contributed by atoms with Gasteiger partial charge in [-0.2, -0.15) is 0 Å². The Morgan fingerprint density at radius 1 is 0.895 bits per heavy atom. The summed E-state index contributed by atoms with van der Waals surface area (Å²) in [5, 5.41) is 8.21. The van der Waals surface area contributed by atoms with Crippen LogP contribution in [0.25, 0.3) is 22.4 Å². The van der Waals surface area contributed by atoms with Crippen molar-refractivity contribution in [2.75, 3.05) is 0 Å². The summed E-state index contributed by atoms with van der Waals surface area (Å²) in [5.41, 5.74) is 4.33. The monoisotopic (exact) mass is 250 g/mol. The second-order valence-corrected chi connectivity index (χ2v) is 4.27. The predicted octanol–water partition coefficient (Wildman–Crippen LogP) is 3.03. The van der Waals surface area contributed by atoms with Gasteiger partial charge in [-0.25, -0.2) is 0 Å². The van der Waals surface area contributed by atoms with E-state index in [1.54, 1.807) is 12.4 Å². The number of aryl methyl sites for hydroxylation is 1. The van der Waals surface area contributed by atoms with Crippen molar-refractivity contribution in [1.29, 1.82) is 0 Å². The molecule has 0 aliphatic heterocycles. The highest BCUT2D eigenvalue weighted by Crippen LogP contribution is 2.22. The van der Waals surface area contributed by atoms with Crippen molar-refractivity contribution in [3.63, 3.8) is 0 Å². The van der Waals surface area contributed by atoms with Gasteiger partial charge in [0.25, 0.3) is 0 Å². The molecule has 0 fully saturated rings. The third-order valence-electron chi connectivity index (χ3n) is 3.06. The molecule has 1 aromatic carbocycles. The first-order valence-corrected chi connectivity index (χ1v) is 6.28. The second kappa shape index (κ2) is 5.02. The highest BCUT2D eigenvalue weighted by molar-refractivity contribution is 5.67. The highest BCUT2D eigenvalue weighted by atomic mass is 15.4. The van der Waals surface area contributed by atoms with E-state index >= 15 is 0 Å². The van der Waals surface area contributed by atoms with E-state index in [9.17, 15) is 0 Å². The van der Waals surface area contributed by atoms with Crippen LogP contribution >= 0.6 is 0 Å². The van der Waals surface area contributed by atoms with Crippen LogP contribution in [-0.4, -0.2) is 20.0 Å². The standard InChI is InChI=1S/C15H14N4/c1-2-19-11-15(17-18-19)14-5-3-12(4-6-14)13-7-9-16-10-8-13/h3-11H,2H2,1H3. The first kappa shape index (κ1) is 11.6. The lowest BCUT2D eigenvalue weighted by atomic mass is 10.0. The number of pyridine rings is 1. The van der Waals surface area contributed by atoms with E-state index in [0.717, 1.165) is 17.8 Å². The molecule has 19 heavy (non-hydrogen) atoms. The van der Waals surface area contributed by atoms with Gasteiger partial charge in [-0.15, -0.1) is 5.10 Å². The molecule has 0 amide bonds. The molecule has 0 atom stereocenters. The zero-order chi connectivity index (χ0) is 13.1. The van der Waals surface area contributed by atoms with Gasteiger partial charge in [0.15, 0.2) is 0 Å². The average molecular weight is 250 g/mol. The van der Waals surface area contributed by atoms with Crippen molar-refractivity contribution in [2.24, 2.45) is 0 Å². The summed E-state index contributed by atoms with van der Waals surface area (Å²) in [4.78, 5) is 4.03. The zero-order valence-electron chi connectivity index (χ0n) is 10.7. The Balaban J connectivity index is 1.90. The van der Waals surface area contributed by atoms with Crippen LogP contribution in [0.4, 0.5) is 0 Å². The highest BCUT2D eigenvalue weighted by Gasteiger charge is 2.03. The Hall–Kier alpha value is -2.49. The molecule has 4 heteroatoms. The summed E-state index contributed by atoms with van der Waals surface area (Å²) in [6.45, 7) is 2.88. The lowest BCUT2D eigenvalue weighted by molar-refractivity contribution is 0.627. The molecule has 94 valence electrons. The largest absolute Gasteiger partial charge is 0.265 e. The minimum atomic E-state index is 0.835. The third kappa shape index (κ3) is 2.38. The maximum absolute atomic E-state index is 4.16. The summed E-state index contributed by atoms with van der Waals surface area (Å²) >= 11 is 0. The maximum Gasteiger partial charge on any atom is 0.113 e. The van der Waals surface area contributed by atoms with Crippen molar-refractivity contribution >= 4 is 0 Å². The van der Waals surface area contributed by atoms with Gasteiger partial charge in [0.2, 0.25) is 0 Å². The topological polar surface area (TPSA) is 43.6 Å². The van der Waals surface area contributed by atoms with Crippen molar-refractivity contribution in [3.05, 3.63) is 55.0 Å². The molecule has 0 radical (unpaired) electrons. The minimum Gasteiger partial charge on any atom is -0.265 e. The van der Waals surface area contributed by atoms with Crippen LogP contribution in [0.2, 0.25) is 0 Å². The Kier molecular flexibility index (Phi) is 3.06. The Labute approximate surface area is 111 Å². The molecule has 3 aromatic rings. The molecule has 0 saturated carbocycles. The van der Waals surface area contributed by atoms with Gasteiger partial charge in [-0.3, -0.25) is 9.67 Å². The molecule has 2 aromatic heterocycles. The number of nitrogens with zero attached hydrogens (tertiary/aromatic N) is 4. The van der Waals surface area contributed by atoms with Gasteiger partial charge < -0.3 is 0 Å². The number of hydrogen-bond donors (Lipinski definition) is 0. The van der Waals surface area contributed by atoms with Crippen molar-refractivity contribution in [1.82, 2.24) is 20.0 Å². The van der Waals surface area contributed by atoms with E-state index in [4.69, 9.17) is 0 Å². The molecule has 3 rings (SSSR count). The quantitative estimate of drug-likeness (QED) is 0.717. The van der Waals surface area contributed by atoms with Crippen LogP contribution in [0.3, 0.4) is 0 Å². The molecule has 2 heterocycles. The van der Waals surface area contributed by atoms with Gasteiger partial charge in [0, 0.05) is 24.5 Å². The van der Waals surface area contributed by atoms with Gasteiger partial charge in [-0.1, -0.05) is 29.5 Å².